The molecule has 0 atom stereocenters. The highest BCUT2D eigenvalue weighted by Crippen LogP contribution is 2.23. The van der Waals surface area contributed by atoms with Gasteiger partial charge in [-0.2, -0.15) is 0 Å². The fraction of sp³-hybridized carbons (Fsp3) is 0.533. The average molecular weight is 507 g/mol. The maximum atomic E-state index is 13.2. The molecule has 0 spiro atoms. The molecule has 4 rings (SSSR count). The van der Waals surface area contributed by atoms with Gasteiger partial charge < -0.3 is 14.5 Å². The lowest BCUT2D eigenvalue weighted by atomic mass is 9.94. The maximum Gasteiger partial charge on any atom is 0.225 e. The van der Waals surface area contributed by atoms with E-state index in [4.69, 9.17) is 4.74 Å². The lowest BCUT2D eigenvalue weighted by Crippen LogP contribution is -2.51. The molecule has 1 amide bonds. The first-order valence-corrected chi connectivity index (χ1v) is 13.6. The van der Waals surface area contributed by atoms with Crippen LogP contribution in [0.4, 0.5) is 0 Å². The predicted molar refractivity (Wildman–Crippen MR) is 147 cm³/mol. The molecule has 2 aromatic carbocycles. The smallest absolute Gasteiger partial charge is 0.225 e. The normalized spacial score (nSPS) is 17.8. The fourth-order valence-corrected chi connectivity index (χ4v) is 5.20. The van der Waals surface area contributed by atoms with Crippen molar-refractivity contribution in [1.29, 1.82) is 0 Å². The van der Waals surface area contributed by atoms with E-state index in [1.807, 2.05) is 24.3 Å². The van der Waals surface area contributed by atoms with Gasteiger partial charge in [0.2, 0.25) is 5.91 Å². The van der Waals surface area contributed by atoms with Gasteiger partial charge in [0.1, 0.15) is 12.0 Å². The quantitative estimate of drug-likeness (QED) is 0.344. The van der Waals surface area contributed by atoms with Gasteiger partial charge in [0.25, 0.3) is 0 Å². The van der Waals surface area contributed by atoms with E-state index in [1.165, 1.54) is 11.1 Å². The first kappa shape index (κ1) is 27.3. The van der Waals surface area contributed by atoms with Crippen molar-refractivity contribution in [1.82, 2.24) is 19.6 Å². The molecule has 7 nitrogen and oxygen atoms in total. The van der Waals surface area contributed by atoms with Gasteiger partial charge in [0.15, 0.2) is 0 Å². The molecule has 7 heteroatoms. The Kier molecular flexibility index (Phi) is 10.1. The fourth-order valence-electron chi connectivity index (χ4n) is 5.20. The van der Waals surface area contributed by atoms with Crippen LogP contribution in [-0.2, 0) is 17.9 Å². The third kappa shape index (κ3) is 8.38. The van der Waals surface area contributed by atoms with Crippen LogP contribution in [0.3, 0.4) is 0 Å². The Labute approximate surface area is 222 Å². The largest absolute Gasteiger partial charge is 0.494 e. The lowest BCUT2D eigenvalue weighted by Gasteiger charge is -2.38. The van der Waals surface area contributed by atoms with Gasteiger partial charge >= 0.3 is 0 Å². The molecule has 0 N–H and O–H groups in total. The molecule has 2 aromatic rings. The molecular weight excluding hydrogens is 464 g/mol. The molecule has 2 saturated heterocycles. The summed E-state index contributed by atoms with van der Waals surface area (Å²) in [6, 6.07) is 16.2. The molecular formula is C30H42N4O3. The minimum Gasteiger partial charge on any atom is -0.494 e. The molecule has 2 fully saturated rings. The van der Waals surface area contributed by atoms with Crippen molar-refractivity contribution in [3.8, 4) is 5.75 Å². The molecule has 0 aliphatic carbocycles. The van der Waals surface area contributed by atoms with Gasteiger partial charge in [-0.05, 0) is 69.7 Å². The molecule has 0 bridgehead atoms. The van der Waals surface area contributed by atoms with Crippen LogP contribution >= 0.6 is 0 Å². The number of likely N-dealkylation sites (tertiary alicyclic amines) is 1. The minimum absolute atomic E-state index is 0.150. The first-order valence-electron chi connectivity index (χ1n) is 13.6. The number of aldehydes is 1. The number of benzene rings is 2. The van der Waals surface area contributed by atoms with E-state index < -0.39 is 0 Å². The molecule has 2 heterocycles. The van der Waals surface area contributed by atoms with Crippen LogP contribution in [0, 0.1) is 5.92 Å². The van der Waals surface area contributed by atoms with Crippen molar-refractivity contribution in [2.24, 2.45) is 5.92 Å². The highest BCUT2D eigenvalue weighted by Gasteiger charge is 2.30. The lowest BCUT2D eigenvalue weighted by molar-refractivity contribution is -0.139. The van der Waals surface area contributed by atoms with Crippen molar-refractivity contribution in [3.63, 3.8) is 0 Å². The third-order valence-electron chi connectivity index (χ3n) is 7.49. The molecule has 0 radical (unpaired) electrons. The summed E-state index contributed by atoms with van der Waals surface area (Å²) >= 11 is 0. The van der Waals surface area contributed by atoms with Crippen molar-refractivity contribution in [2.75, 3.05) is 66.5 Å². The Hall–Kier alpha value is -2.74. The van der Waals surface area contributed by atoms with Crippen LogP contribution in [0.5, 0.6) is 5.75 Å². The number of amides is 1. The zero-order valence-electron chi connectivity index (χ0n) is 22.5. The summed E-state index contributed by atoms with van der Waals surface area (Å²) in [6.07, 6.45) is 3.78. The van der Waals surface area contributed by atoms with Crippen molar-refractivity contribution < 1.29 is 14.3 Å². The summed E-state index contributed by atoms with van der Waals surface area (Å²) in [6.45, 7) is 8.90. The van der Waals surface area contributed by atoms with Gasteiger partial charge in [0, 0.05) is 57.3 Å². The van der Waals surface area contributed by atoms with E-state index in [-0.39, 0.29) is 5.92 Å². The van der Waals surface area contributed by atoms with Crippen LogP contribution in [0.15, 0.2) is 48.5 Å². The summed E-state index contributed by atoms with van der Waals surface area (Å²) in [5.41, 5.74) is 3.21. The van der Waals surface area contributed by atoms with Gasteiger partial charge in [-0.3, -0.25) is 19.4 Å². The molecule has 0 aromatic heterocycles. The molecule has 37 heavy (non-hydrogen) atoms. The monoisotopic (exact) mass is 506 g/mol. The van der Waals surface area contributed by atoms with Crippen molar-refractivity contribution >= 4 is 12.2 Å². The average Bonchev–Trinajstić information content (AvgIpc) is 2.93. The van der Waals surface area contributed by atoms with Gasteiger partial charge in [-0.25, -0.2) is 0 Å². The van der Waals surface area contributed by atoms with Crippen LogP contribution in [0.1, 0.15) is 40.7 Å². The SMILES string of the molecule is CN(C)CCCOc1ccc(CN2CCC(C(=O)N3CCN(Cc4ccc(C=O)cc4)CC3)CC2)cc1. The Morgan fingerprint density at radius 2 is 1.43 bits per heavy atom. The van der Waals surface area contributed by atoms with E-state index >= 15 is 0 Å². The minimum atomic E-state index is 0.150. The topological polar surface area (TPSA) is 56.3 Å². The number of carbonyl (C=O) groups excluding carboxylic acids is 2. The summed E-state index contributed by atoms with van der Waals surface area (Å²) in [5, 5.41) is 0. The number of hydrogen-bond donors (Lipinski definition) is 0. The third-order valence-corrected chi connectivity index (χ3v) is 7.49. The van der Waals surface area contributed by atoms with E-state index in [0.29, 0.717) is 11.5 Å². The maximum absolute atomic E-state index is 13.2. The number of nitrogens with zero attached hydrogens (tertiary/aromatic N) is 4. The van der Waals surface area contributed by atoms with Crippen LogP contribution in [-0.4, -0.2) is 98.3 Å². The number of rotatable bonds is 11. The molecule has 0 saturated carbocycles. The van der Waals surface area contributed by atoms with Gasteiger partial charge in [0.05, 0.1) is 6.61 Å². The highest BCUT2D eigenvalue weighted by atomic mass is 16.5. The van der Waals surface area contributed by atoms with Crippen LogP contribution in [0.25, 0.3) is 0 Å². The number of carbonyl (C=O) groups is 2. The summed E-state index contributed by atoms with van der Waals surface area (Å²) in [7, 11) is 4.16. The van der Waals surface area contributed by atoms with E-state index in [0.717, 1.165) is 96.8 Å². The Morgan fingerprint density at radius 3 is 2.00 bits per heavy atom. The van der Waals surface area contributed by atoms with Gasteiger partial charge in [-0.1, -0.05) is 36.4 Å². The molecule has 200 valence electrons. The Bertz CT molecular complexity index is 977. The van der Waals surface area contributed by atoms with E-state index in [1.54, 1.807) is 0 Å². The molecule has 2 aliphatic rings. The highest BCUT2D eigenvalue weighted by molar-refractivity contribution is 5.79. The standard InChI is InChI=1S/C30H42N4O3/c1-31(2)14-3-21-37-29-10-8-26(9-11-29)22-32-15-12-28(13-16-32)30(36)34-19-17-33(18-20-34)23-25-4-6-27(24-35)7-5-25/h4-11,24,28H,3,12-23H2,1-2H3. The zero-order chi connectivity index (χ0) is 26.0. The number of piperazine rings is 1. The second kappa shape index (κ2) is 13.7. The van der Waals surface area contributed by atoms with E-state index in [9.17, 15) is 9.59 Å². The van der Waals surface area contributed by atoms with E-state index in [2.05, 4.69) is 58.0 Å². The second-order valence-electron chi connectivity index (χ2n) is 10.7. The summed E-state index contributed by atoms with van der Waals surface area (Å²) in [4.78, 5) is 33.1. The van der Waals surface area contributed by atoms with Gasteiger partial charge in [-0.15, -0.1) is 0 Å². The zero-order valence-corrected chi connectivity index (χ0v) is 22.5. The Balaban J connectivity index is 1.14. The predicted octanol–water partition coefficient (Wildman–Crippen LogP) is 3.39. The Morgan fingerprint density at radius 1 is 0.865 bits per heavy atom. The molecule has 2 aliphatic heterocycles. The van der Waals surface area contributed by atoms with Crippen LogP contribution < -0.4 is 4.74 Å². The first-order chi connectivity index (χ1) is 18.0. The molecule has 0 unspecified atom stereocenters. The number of ether oxygens (including phenoxy) is 1. The van der Waals surface area contributed by atoms with Crippen LogP contribution in [0.2, 0.25) is 0 Å². The van der Waals surface area contributed by atoms with Crippen molar-refractivity contribution in [2.45, 2.75) is 32.4 Å². The van der Waals surface area contributed by atoms with Crippen molar-refractivity contribution in [3.05, 3.63) is 65.2 Å². The summed E-state index contributed by atoms with van der Waals surface area (Å²) in [5.74, 6) is 1.42. The number of piperidine rings is 1. The second-order valence-corrected chi connectivity index (χ2v) is 10.7. The summed E-state index contributed by atoms with van der Waals surface area (Å²) < 4.78 is 5.85. The number of hydrogen-bond acceptors (Lipinski definition) is 6.